The van der Waals surface area contributed by atoms with E-state index in [0.717, 1.165) is 11.8 Å². The fourth-order valence-corrected chi connectivity index (χ4v) is 2.15. The van der Waals surface area contributed by atoms with Crippen molar-refractivity contribution in [3.63, 3.8) is 0 Å². The van der Waals surface area contributed by atoms with Crippen LogP contribution in [0.5, 0.6) is 0 Å². The Bertz CT molecular complexity index is 260. The molecule has 0 radical (unpaired) electrons. The summed E-state index contributed by atoms with van der Waals surface area (Å²) in [5.74, 6) is 0. The van der Waals surface area contributed by atoms with Gasteiger partial charge in [0.25, 0.3) is 0 Å². The lowest BCUT2D eigenvalue weighted by Crippen LogP contribution is -2.14. The summed E-state index contributed by atoms with van der Waals surface area (Å²) in [4.78, 5) is 0. The number of hydrogen-bond donors (Lipinski definition) is 0. The monoisotopic (exact) mass is 270 g/mol. The lowest BCUT2D eigenvalue weighted by atomic mass is 10.1. The van der Waals surface area contributed by atoms with E-state index in [2.05, 4.69) is 54.0 Å². The van der Waals surface area contributed by atoms with Gasteiger partial charge in [-0.3, -0.25) is 0 Å². The molecule has 0 fully saturated rings. The van der Waals surface area contributed by atoms with Crippen molar-refractivity contribution in [2.45, 2.75) is 38.9 Å². The third-order valence-electron chi connectivity index (χ3n) is 2.40. The van der Waals surface area contributed by atoms with Crippen LogP contribution in [0.2, 0.25) is 0 Å². The Morgan fingerprint density at radius 2 is 1.93 bits per heavy atom. The first-order valence-electron chi connectivity index (χ1n) is 5.54. The summed E-state index contributed by atoms with van der Waals surface area (Å²) >= 11 is 3.51. The first-order chi connectivity index (χ1) is 7.27. The van der Waals surface area contributed by atoms with Gasteiger partial charge in [0.2, 0.25) is 0 Å². The Labute approximate surface area is 101 Å². The van der Waals surface area contributed by atoms with Crippen LogP contribution in [-0.2, 0) is 4.74 Å². The van der Waals surface area contributed by atoms with E-state index in [1.54, 1.807) is 0 Å². The lowest BCUT2D eigenvalue weighted by Gasteiger charge is -2.20. The Morgan fingerprint density at radius 1 is 1.27 bits per heavy atom. The average molecular weight is 271 g/mol. The van der Waals surface area contributed by atoms with Crippen LogP contribution in [0, 0.1) is 0 Å². The lowest BCUT2D eigenvalue weighted by molar-refractivity contribution is 0.00589. The molecular formula is C13H19BrO. The van der Waals surface area contributed by atoms with Crippen LogP contribution in [0.1, 0.15) is 38.4 Å². The smallest absolute Gasteiger partial charge is 0.0925 e. The summed E-state index contributed by atoms with van der Waals surface area (Å²) < 4.78 is 5.98. The predicted molar refractivity (Wildman–Crippen MR) is 68.4 cm³/mol. The molecule has 2 atom stereocenters. The molecule has 0 aromatic heterocycles. The van der Waals surface area contributed by atoms with Crippen LogP contribution in [0.15, 0.2) is 30.3 Å². The number of alkyl halides is 1. The summed E-state index contributed by atoms with van der Waals surface area (Å²) in [7, 11) is 0. The van der Waals surface area contributed by atoms with Crippen molar-refractivity contribution in [2.75, 3.05) is 5.33 Å². The molecule has 15 heavy (non-hydrogen) atoms. The van der Waals surface area contributed by atoms with Crippen molar-refractivity contribution in [2.24, 2.45) is 0 Å². The third-order valence-corrected chi connectivity index (χ3v) is 2.99. The van der Waals surface area contributed by atoms with Gasteiger partial charge in [0.15, 0.2) is 0 Å². The number of rotatable bonds is 6. The van der Waals surface area contributed by atoms with Gasteiger partial charge in [-0.25, -0.2) is 0 Å². The van der Waals surface area contributed by atoms with Crippen LogP contribution in [0.4, 0.5) is 0 Å². The second-order valence-electron chi connectivity index (χ2n) is 3.79. The summed E-state index contributed by atoms with van der Waals surface area (Å²) in [6, 6.07) is 10.4. The van der Waals surface area contributed by atoms with E-state index in [-0.39, 0.29) is 6.10 Å². The summed E-state index contributed by atoms with van der Waals surface area (Å²) in [5.41, 5.74) is 1.25. The molecule has 0 saturated carbocycles. The molecule has 0 bridgehead atoms. The number of ether oxygens (including phenoxy) is 1. The average Bonchev–Trinajstić information content (AvgIpc) is 2.27. The van der Waals surface area contributed by atoms with Gasteiger partial charge in [0.1, 0.15) is 0 Å². The molecule has 0 aliphatic heterocycles. The van der Waals surface area contributed by atoms with Crippen LogP contribution in [0.3, 0.4) is 0 Å². The number of hydrogen-bond acceptors (Lipinski definition) is 1. The molecule has 0 aliphatic carbocycles. The van der Waals surface area contributed by atoms with Crippen LogP contribution >= 0.6 is 15.9 Å². The molecule has 2 heteroatoms. The zero-order valence-electron chi connectivity index (χ0n) is 9.45. The molecule has 0 N–H and O–H groups in total. The van der Waals surface area contributed by atoms with E-state index in [1.165, 1.54) is 12.0 Å². The van der Waals surface area contributed by atoms with Crippen LogP contribution in [-0.4, -0.2) is 11.4 Å². The highest BCUT2D eigenvalue weighted by Gasteiger charge is 2.13. The molecule has 1 nitrogen and oxygen atoms in total. The highest BCUT2D eigenvalue weighted by atomic mass is 79.9. The van der Waals surface area contributed by atoms with E-state index < -0.39 is 0 Å². The van der Waals surface area contributed by atoms with Gasteiger partial charge in [-0.05, 0) is 18.9 Å². The maximum absolute atomic E-state index is 5.98. The van der Waals surface area contributed by atoms with Gasteiger partial charge in [0, 0.05) is 5.33 Å². The van der Waals surface area contributed by atoms with E-state index in [4.69, 9.17) is 4.74 Å². The van der Waals surface area contributed by atoms with Crippen molar-refractivity contribution in [3.8, 4) is 0 Å². The van der Waals surface area contributed by atoms with Crippen molar-refractivity contribution in [3.05, 3.63) is 35.9 Å². The zero-order valence-corrected chi connectivity index (χ0v) is 11.0. The first-order valence-corrected chi connectivity index (χ1v) is 6.66. The van der Waals surface area contributed by atoms with E-state index >= 15 is 0 Å². The number of halogens is 1. The molecule has 1 aromatic carbocycles. The van der Waals surface area contributed by atoms with E-state index in [9.17, 15) is 0 Å². The van der Waals surface area contributed by atoms with E-state index in [1.807, 2.05) is 6.07 Å². The second-order valence-corrected chi connectivity index (χ2v) is 4.44. The van der Waals surface area contributed by atoms with E-state index in [0.29, 0.717) is 6.10 Å². The summed E-state index contributed by atoms with van der Waals surface area (Å²) in [5, 5.41) is 0.852. The van der Waals surface area contributed by atoms with Crippen molar-refractivity contribution in [1.29, 1.82) is 0 Å². The van der Waals surface area contributed by atoms with Crippen LogP contribution < -0.4 is 0 Å². The van der Waals surface area contributed by atoms with Crippen molar-refractivity contribution >= 4 is 15.9 Å². The maximum Gasteiger partial charge on any atom is 0.0925 e. The normalized spacial score (nSPS) is 14.9. The molecule has 0 amide bonds. The fraction of sp³-hybridized carbons (Fsp3) is 0.538. The number of benzene rings is 1. The molecule has 0 saturated heterocycles. The van der Waals surface area contributed by atoms with Crippen molar-refractivity contribution in [1.82, 2.24) is 0 Å². The Hall–Kier alpha value is -0.340. The molecular weight excluding hydrogens is 252 g/mol. The van der Waals surface area contributed by atoms with Gasteiger partial charge in [-0.15, -0.1) is 0 Å². The van der Waals surface area contributed by atoms with Gasteiger partial charge in [-0.2, -0.15) is 0 Å². The second kappa shape index (κ2) is 7.02. The van der Waals surface area contributed by atoms with Crippen LogP contribution in [0.25, 0.3) is 0 Å². The minimum absolute atomic E-state index is 0.174. The fourth-order valence-electron chi connectivity index (χ4n) is 1.63. The SMILES string of the molecule is CCCC(C)OC(CBr)c1ccccc1. The molecule has 84 valence electrons. The first kappa shape index (κ1) is 12.7. The zero-order chi connectivity index (χ0) is 11.1. The Kier molecular flexibility index (Phi) is 5.96. The minimum atomic E-state index is 0.174. The van der Waals surface area contributed by atoms with Gasteiger partial charge in [0.05, 0.1) is 12.2 Å². The molecule has 1 aromatic rings. The Morgan fingerprint density at radius 3 is 2.47 bits per heavy atom. The van der Waals surface area contributed by atoms with Crippen molar-refractivity contribution < 1.29 is 4.74 Å². The van der Waals surface area contributed by atoms with Gasteiger partial charge < -0.3 is 4.74 Å². The molecule has 0 spiro atoms. The topological polar surface area (TPSA) is 9.23 Å². The van der Waals surface area contributed by atoms with Gasteiger partial charge in [-0.1, -0.05) is 59.6 Å². The Balaban J connectivity index is 2.56. The highest BCUT2D eigenvalue weighted by molar-refractivity contribution is 9.09. The minimum Gasteiger partial charge on any atom is -0.370 e. The molecule has 2 unspecified atom stereocenters. The largest absolute Gasteiger partial charge is 0.370 e. The highest BCUT2D eigenvalue weighted by Crippen LogP contribution is 2.22. The predicted octanol–water partition coefficient (Wildman–Crippen LogP) is 4.33. The maximum atomic E-state index is 5.98. The molecule has 0 heterocycles. The third kappa shape index (κ3) is 4.35. The standard InChI is InChI=1S/C13H19BrO/c1-3-7-11(2)15-13(10-14)12-8-5-4-6-9-12/h4-6,8-9,11,13H,3,7,10H2,1-2H3. The summed E-state index contributed by atoms with van der Waals surface area (Å²) in [6.45, 7) is 4.33. The van der Waals surface area contributed by atoms with Gasteiger partial charge >= 0.3 is 0 Å². The summed E-state index contributed by atoms with van der Waals surface area (Å²) in [6.07, 6.45) is 2.80. The molecule has 0 aliphatic rings. The quantitative estimate of drug-likeness (QED) is 0.700. The molecule has 1 rings (SSSR count).